The van der Waals surface area contributed by atoms with Gasteiger partial charge in [0.2, 0.25) is 17.7 Å². The zero-order valence-electron chi connectivity index (χ0n) is 24.1. The smallest absolute Gasteiger partial charge is 0.326 e. The third-order valence-electron chi connectivity index (χ3n) is 7.84. The van der Waals surface area contributed by atoms with Crippen molar-refractivity contribution in [3.8, 4) is 0 Å². The van der Waals surface area contributed by atoms with Gasteiger partial charge in [0.1, 0.15) is 12.6 Å². The number of nitrogens with zero attached hydrogens (tertiary/aromatic N) is 1. The van der Waals surface area contributed by atoms with E-state index in [2.05, 4.69) is 10.6 Å². The fourth-order valence-electron chi connectivity index (χ4n) is 5.81. The lowest BCUT2D eigenvalue weighted by molar-refractivity contribution is -0.152. The van der Waals surface area contributed by atoms with Gasteiger partial charge in [-0.1, -0.05) is 31.0 Å². The largest absolute Gasteiger partial charge is 0.466 e. The van der Waals surface area contributed by atoms with Crippen molar-refractivity contribution in [2.45, 2.75) is 77.7 Å². The van der Waals surface area contributed by atoms with Gasteiger partial charge in [-0.2, -0.15) is 0 Å². The SMILES string of the molecule is CCOC(=O)CN1C(=O)[C@@H](NC(=O)C2(C[C@@H](CC(=O)NCCCO)C(=O)OCC)CCCC2)CCc2ccccc21. The highest BCUT2D eigenvalue weighted by atomic mass is 16.5. The Kier molecular flexibility index (Phi) is 12.1. The van der Waals surface area contributed by atoms with Crippen LogP contribution in [-0.4, -0.2) is 73.7 Å². The molecular formula is C30H43N3O8. The van der Waals surface area contributed by atoms with Crippen LogP contribution in [0.2, 0.25) is 0 Å². The van der Waals surface area contributed by atoms with Crippen LogP contribution in [0.4, 0.5) is 5.69 Å². The number of carbonyl (C=O) groups is 5. The molecule has 0 spiro atoms. The van der Waals surface area contributed by atoms with Crippen molar-refractivity contribution >= 4 is 35.3 Å². The van der Waals surface area contributed by atoms with Gasteiger partial charge in [0.15, 0.2) is 0 Å². The van der Waals surface area contributed by atoms with Gasteiger partial charge in [-0.25, -0.2) is 0 Å². The van der Waals surface area contributed by atoms with E-state index in [0.717, 1.165) is 18.4 Å². The predicted molar refractivity (Wildman–Crippen MR) is 151 cm³/mol. The molecule has 0 bridgehead atoms. The minimum Gasteiger partial charge on any atom is -0.466 e. The van der Waals surface area contributed by atoms with Crippen LogP contribution in [0, 0.1) is 11.3 Å². The highest BCUT2D eigenvalue weighted by Gasteiger charge is 2.46. The number of para-hydroxylation sites is 1. The van der Waals surface area contributed by atoms with Crippen LogP contribution in [0.15, 0.2) is 24.3 Å². The van der Waals surface area contributed by atoms with Gasteiger partial charge >= 0.3 is 11.9 Å². The molecule has 0 unspecified atom stereocenters. The first-order chi connectivity index (χ1) is 19.7. The molecule has 1 aliphatic carbocycles. The van der Waals surface area contributed by atoms with E-state index in [9.17, 15) is 24.0 Å². The predicted octanol–water partition coefficient (Wildman–Crippen LogP) is 2.03. The topological polar surface area (TPSA) is 151 Å². The average molecular weight is 574 g/mol. The van der Waals surface area contributed by atoms with E-state index in [4.69, 9.17) is 14.6 Å². The molecule has 41 heavy (non-hydrogen) atoms. The Bertz CT molecular complexity index is 1090. The number of rotatable bonds is 14. The summed E-state index contributed by atoms with van der Waals surface area (Å²) in [7, 11) is 0. The lowest BCUT2D eigenvalue weighted by atomic mass is 9.75. The zero-order chi connectivity index (χ0) is 29.8. The first-order valence-corrected chi connectivity index (χ1v) is 14.6. The second-order valence-electron chi connectivity index (χ2n) is 10.7. The minimum atomic E-state index is -0.936. The Morgan fingerprint density at radius 2 is 1.80 bits per heavy atom. The van der Waals surface area contributed by atoms with Crippen molar-refractivity contribution in [2.24, 2.45) is 11.3 Å². The summed E-state index contributed by atoms with van der Waals surface area (Å²) in [4.78, 5) is 66.9. The number of aliphatic hydroxyl groups excluding tert-OH is 1. The number of hydrogen-bond donors (Lipinski definition) is 3. The summed E-state index contributed by atoms with van der Waals surface area (Å²) in [6, 6.07) is 6.48. The highest BCUT2D eigenvalue weighted by Crippen LogP contribution is 2.44. The van der Waals surface area contributed by atoms with E-state index in [0.29, 0.717) is 37.8 Å². The Labute approximate surface area is 241 Å². The maximum Gasteiger partial charge on any atom is 0.326 e. The highest BCUT2D eigenvalue weighted by molar-refractivity contribution is 6.03. The standard InChI is InChI=1S/C30H43N3O8/c1-3-40-26(36)20-33-24-11-6-5-10-21(24)12-13-23(27(33)37)32-29(39)30(14-7-8-15-30)19-22(28(38)41-4-2)18-25(35)31-16-9-17-34/h5-6,10-11,22-23,34H,3-4,7-9,12-20H2,1-2H3,(H,31,35)(H,32,39)/t22-,23+/m1/s1. The van der Waals surface area contributed by atoms with Crippen LogP contribution < -0.4 is 15.5 Å². The number of esters is 2. The summed E-state index contributed by atoms with van der Waals surface area (Å²) >= 11 is 0. The van der Waals surface area contributed by atoms with Crippen LogP contribution in [-0.2, 0) is 39.9 Å². The van der Waals surface area contributed by atoms with Crippen molar-refractivity contribution in [2.75, 3.05) is 37.8 Å². The normalized spacial score (nSPS) is 18.6. The molecule has 1 heterocycles. The van der Waals surface area contributed by atoms with Gasteiger partial charge in [0.25, 0.3) is 0 Å². The molecule has 1 aromatic carbocycles. The van der Waals surface area contributed by atoms with Gasteiger partial charge in [0.05, 0.1) is 24.5 Å². The number of carbonyl (C=O) groups excluding carboxylic acids is 5. The molecule has 226 valence electrons. The lowest BCUT2D eigenvalue weighted by Crippen LogP contribution is -2.53. The number of aryl methyl sites for hydroxylation is 1. The number of fused-ring (bicyclic) bond motifs is 1. The molecule has 1 aliphatic heterocycles. The van der Waals surface area contributed by atoms with Gasteiger partial charge in [0, 0.05) is 25.3 Å². The summed E-state index contributed by atoms with van der Waals surface area (Å²) in [5.74, 6) is -2.98. The number of amides is 3. The van der Waals surface area contributed by atoms with E-state index in [-0.39, 0.29) is 57.6 Å². The monoisotopic (exact) mass is 573 g/mol. The summed E-state index contributed by atoms with van der Waals surface area (Å²) in [6.45, 7) is 3.67. The molecule has 3 N–H and O–H groups in total. The summed E-state index contributed by atoms with van der Waals surface area (Å²) in [6.07, 6.45) is 3.88. The molecule has 0 aromatic heterocycles. The molecule has 0 saturated heterocycles. The molecule has 2 aliphatic rings. The van der Waals surface area contributed by atoms with Gasteiger partial charge in [-0.05, 0) is 64.0 Å². The van der Waals surface area contributed by atoms with Gasteiger partial charge < -0.3 is 25.2 Å². The number of nitrogens with one attached hydrogen (secondary N) is 2. The minimum absolute atomic E-state index is 0.0624. The molecule has 11 nitrogen and oxygen atoms in total. The Balaban J connectivity index is 1.81. The second kappa shape index (κ2) is 15.5. The van der Waals surface area contributed by atoms with Crippen LogP contribution >= 0.6 is 0 Å². The summed E-state index contributed by atoms with van der Waals surface area (Å²) < 4.78 is 10.4. The molecule has 2 atom stereocenters. The molecule has 3 rings (SSSR count). The molecule has 11 heteroatoms. The maximum atomic E-state index is 14.0. The third-order valence-corrected chi connectivity index (χ3v) is 7.84. The number of hydrogen-bond acceptors (Lipinski definition) is 8. The van der Waals surface area contributed by atoms with Crippen molar-refractivity contribution in [1.82, 2.24) is 10.6 Å². The molecule has 1 saturated carbocycles. The Hall–Kier alpha value is -3.47. The van der Waals surface area contributed by atoms with Crippen molar-refractivity contribution in [3.05, 3.63) is 29.8 Å². The quantitative estimate of drug-likeness (QED) is 0.226. The summed E-state index contributed by atoms with van der Waals surface area (Å²) in [5, 5.41) is 14.7. The number of anilines is 1. The fourth-order valence-corrected chi connectivity index (χ4v) is 5.81. The molecule has 1 fully saturated rings. The van der Waals surface area contributed by atoms with Crippen LogP contribution in [0.25, 0.3) is 0 Å². The molecular weight excluding hydrogens is 530 g/mol. The molecule has 1 aromatic rings. The van der Waals surface area contributed by atoms with Crippen LogP contribution in [0.5, 0.6) is 0 Å². The van der Waals surface area contributed by atoms with Crippen LogP contribution in [0.1, 0.15) is 70.8 Å². The average Bonchev–Trinajstić information content (AvgIpc) is 3.39. The Morgan fingerprint density at radius 1 is 1.10 bits per heavy atom. The van der Waals surface area contributed by atoms with Gasteiger partial charge in [-0.15, -0.1) is 0 Å². The lowest BCUT2D eigenvalue weighted by Gasteiger charge is -2.33. The summed E-state index contributed by atoms with van der Waals surface area (Å²) in [5.41, 5.74) is 0.577. The van der Waals surface area contributed by atoms with E-state index in [1.807, 2.05) is 12.1 Å². The van der Waals surface area contributed by atoms with Crippen molar-refractivity contribution in [1.29, 1.82) is 0 Å². The van der Waals surface area contributed by atoms with E-state index in [1.54, 1.807) is 26.0 Å². The Morgan fingerprint density at radius 3 is 2.49 bits per heavy atom. The first kappa shape index (κ1) is 32.0. The molecule has 3 amide bonds. The maximum absolute atomic E-state index is 14.0. The number of aliphatic hydroxyl groups is 1. The van der Waals surface area contributed by atoms with Crippen molar-refractivity contribution < 1.29 is 38.6 Å². The first-order valence-electron chi connectivity index (χ1n) is 14.6. The number of benzene rings is 1. The third kappa shape index (κ3) is 8.51. The number of ether oxygens (including phenoxy) is 2. The molecule has 0 radical (unpaired) electrons. The van der Waals surface area contributed by atoms with E-state index < -0.39 is 35.2 Å². The second-order valence-corrected chi connectivity index (χ2v) is 10.7. The van der Waals surface area contributed by atoms with Gasteiger partial charge in [-0.3, -0.25) is 28.9 Å². The van der Waals surface area contributed by atoms with E-state index >= 15 is 0 Å². The van der Waals surface area contributed by atoms with Crippen molar-refractivity contribution in [3.63, 3.8) is 0 Å². The fraction of sp³-hybridized carbons (Fsp3) is 0.633. The zero-order valence-corrected chi connectivity index (χ0v) is 24.1. The van der Waals surface area contributed by atoms with E-state index in [1.165, 1.54) is 4.90 Å². The van der Waals surface area contributed by atoms with Crippen LogP contribution in [0.3, 0.4) is 0 Å².